The number of halogens is 1. The van der Waals surface area contributed by atoms with Crippen LogP contribution in [0, 0.1) is 6.92 Å². The van der Waals surface area contributed by atoms with Crippen LogP contribution < -0.4 is 0 Å². The Labute approximate surface area is 121 Å². The number of nitrogens with zero attached hydrogens (tertiary/aromatic N) is 1. The van der Waals surface area contributed by atoms with Gasteiger partial charge in [0.1, 0.15) is 0 Å². The van der Waals surface area contributed by atoms with Crippen LogP contribution in [0.1, 0.15) is 29.3 Å². The Hall–Kier alpha value is -1.36. The lowest BCUT2D eigenvalue weighted by molar-refractivity contribution is -0.140. The summed E-state index contributed by atoms with van der Waals surface area (Å²) in [5.41, 5.74) is 1.64. The average Bonchev–Trinajstić information content (AvgIpc) is 2.41. The first-order chi connectivity index (χ1) is 8.99. The summed E-state index contributed by atoms with van der Waals surface area (Å²) in [6.45, 7) is 4.74. The summed E-state index contributed by atoms with van der Waals surface area (Å²) in [6, 6.07) is 5.63. The van der Waals surface area contributed by atoms with Crippen molar-refractivity contribution in [2.75, 3.05) is 20.2 Å². The van der Waals surface area contributed by atoms with Crippen molar-refractivity contribution in [3.8, 4) is 0 Å². The van der Waals surface area contributed by atoms with Crippen molar-refractivity contribution in [3.05, 3.63) is 33.8 Å². The summed E-state index contributed by atoms with van der Waals surface area (Å²) < 4.78 is 5.35. The molecule has 1 rings (SSSR count). The molecule has 0 unspecified atom stereocenters. The first-order valence-electron chi connectivity index (χ1n) is 6.11. The highest BCUT2D eigenvalue weighted by Crippen LogP contribution is 2.20. The normalized spacial score (nSPS) is 10.1. The first-order valence-corrected chi connectivity index (χ1v) is 6.91. The van der Waals surface area contributed by atoms with E-state index in [2.05, 4.69) is 20.7 Å². The molecule has 0 saturated heterocycles. The van der Waals surface area contributed by atoms with Crippen LogP contribution in [0.4, 0.5) is 0 Å². The van der Waals surface area contributed by atoms with Crippen molar-refractivity contribution in [1.82, 2.24) is 4.90 Å². The van der Waals surface area contributed by atoms with Crippen LogP contribution in [0.5, 0.6) is 0 Å². The molecule has 0 aromatic heterocycles. The average molecular weight is 328 g/mol. The summed E-state index contributed by atoms with van der Waals surface area (Å²) in [4.78, 5) is 25.2. The summed E-state index contributed by atoms with van der Waals surface area (Å²) in [6.07, 6.45) is 0.208. The van der Waals surface area contributed by atoms with Crippen LogP contribution in [0.3, 0.4) is 0 Å². The number of hydrogen-bond acceptors (Lipinski definition) is 3. The molecule has 0 aliphatic rings. The number of carbonyl (C=O) groups is 2. The number of aryl methyl sites for hydroxylation is 1. The van der Waals surface area contributed by atoms with Gasteiger partial charge in [-0.2, -0.15) is 0 Å². The SMILES string of the molecule is CCN(CCC(=O)OC)C(=O)c1cc(C)ccc1Br. The molecule has 4 nitrogen and oxygen atoms in total. The molecular formula is C14H18BrNO3. The summed E-state index contributed by atoms with van der Waals surface area (Å²) in [5.74, 6) is -0.392. The zero-order valence-electron chi connectivity index (χ0n) is 11.4. The fourth-order valence-electron chi connectivity index (χ4n) is 1.70. The Morgan fingerprint density at radius 1 is 1.37 bits per heavy atom. The highest BCUT2D eigenvalue weighted by atomic mass is 79.9. The van der Waals surface area contributed by atoms with Gasteiger partial charge in [-0.15, -0.1) is 0 Å². The minimum Gasteiger partial charge on any atom is -0.469 e. The van der Waals surface area contributed by atoms with Crippen molar-refractivity contribution in [2.45, 2.75) is 20.3 Å². The minimum absolute atomic E-state index is 0.0815. The fourth-order valence-corrected chi connectivity index (χ4v) is 2.12. The van der Waals surface area contributed by atoms with E-state index in [-0.39, 0.29) is 18.3 Å². The summed E-state index contributed by atoms with van der Waals surface area (Å²) >= 11 is 3.38. The standard InChI is InChI=1S/C14H18BrNO3/c1-4-16(8-7-13(17)19-3)14(18)11-9-10(2)5-6-12(11)15/h5-6,9H,4,7-8H2,1-3H3. The molecule has 0 radical (unpaired) electrons. The largest absolute Gasteiger partial charge is 0.469 e. The van der Waals surface area contributed by atoms with Gasteiger partial charge in [0.2, 0.25) is 0 Å². The Kier molecular flexibility index (Phi) is 6.02. The van der Waals surface area contributed by atoms with E-state index in [1.807, 2.05) is 32.0 Å². The van der Waals surface area contributed by atoms with Crippen molar-refractivity contribution >= 4 is 27.8 Å². The van der Waals surface area contributed by atoms with Gasteiger partial charge in [0, 0.05) is 17.6 Å². The van der Waals surface area contributed by atoms with Gasteiger partial charge in [-0.25, -0.2) is 0 Å². The van der Waals surface area contributed by atoms with E-state index in [0.29, 0.717) is 18.7 Å². The Morgan fingerprint density at radius 2 is 2.05 bits per heavy atom. The molecule has 1 amide bonds. The second kappa shape index (κ2) is 7.28. The van der Waals surface area contributed by atoms with Crippen LogP contribution in [0.25, 0.3) is 0 Å². The zero-order valence-corrected chi connectivity index (χ0v) is 13.0. The molecule has 0 aliphatic heterocycles. The second-order valence-electron chi connectivity index (χ2n) is 4.19. The molecule has 0 fully saturated rings. The minimum atomic E-state index is -0.311. The number of hydrogen-bond donors (Lipinski definition) is 0. The predicted molar refractivity (Wildman–Crippen MR) is 77.1 cm³/mol. The van der Waals surface area contributed by atoms with E-state index in [1.165, 1.54) is 7.11 Å². The Morgan fingerprint density at radius 3 is 2.63 bits per heavy atom. The molecular weight excluding hydrogens is 310 g/mol. The molecule has 0 saturated carbocycles. The van der Waals surface area contributed by atoms with Crippen LogP contribution in [-0.2, 0) is 9.53 Å². The third kappa shape index (κ3) is 4.35. The molecule has 19 heavy (non-hydrogen) atoms. The molecule has 1 aromatic rings. The van der Waals surface area contributed by atoms with E-state index in [1.54, 1.807) is 4.90 Å². The number of carbonyl (C=O) groups excluding carboxylic acids is 2. The quantitative estimate of drug-likeness (QED) is 0.781. The number of rotatable bonds is 5. The molecule has 0 aliphatic carbocycles. The Balaban J connectivity index is 2.83. The van der Waals surface area contributed by atoms with E-state index in [0.717, 1.165) is 10.0 Å². The van der Waals surface area contributed by atoms with Gasteiger partial charge in [0.15, 0.2) is 0 Å². The highest BCUT2D eigenvalue weighted by molar-refractivity contribution is 9.10. The van der Waals surface area contributed by atoms with Gasteiger partial charge >= 0.3 is 5.97 Å². The molecule has 0 atom stereocenters. The topological polar surface area (TPSA) is 46.6 Å². The predicted octanol–water partition coefficient (Wildman–Crippen LogP) is 2.78. The van der Waals surface area contributed by atoms with Crippen molar-refractivity contribution in [2.24, 2.45) is 0 Å². The molecule has 104 valence electrons. The van der Waals surface area contributed by atoms with Gasteiger partial charge in [0.25, 0.3) is 5.91 Å². The second-order valence-corrected chi connectivity index (χ2v) is 5.05. The molecule has 0 N–H and O–H groups in total. The zero-order chi connectivity index (χ0) is 14.4. The molecule has 1 aromatic carbocycles. The fraction of sp³-hybridized carbons (Fsp3) is 0.429. The number of ether oxygens (including phenoxy) is 1. The van der Waals surface area contributed by atoms with Gasteiger partial charge in [-0.1, -0.05) is 11.6 Å². The number of esters is 1. The van der Waals surface area contributed by atoms with Gasteiger partial charge in [0.05, 0.1) is 19.1 Å². The van der Waals surface area contributed by atoms with E-state index < -0.39 is 0 Å². The molecule has 0 spiro atoms. The van der Waals surface area contributed by atoms with Gasteiger partial charge in [-0.3, -0.25) is 9.59 Å². The number of methoxy groups -OCH3 is 1. The summed E-state index contributed by atoms with van der Waals surface area (Å²) in [5, 5.41) is 0. The maximum atomic E-state index is 12.4. The number of amides is 1. The van der Waals surface area contributed by atoms with Crippen LogP contribution in [0.2, 0.25) is 0 Å². The molecule has 0 bridgehead atoms. The number of benzene rings is 1. The lowest BCUT2D eigenvalue weighted by Gasteiger charge is -2.21. The van der Waals surface area contributed by atoms with Crippen molar-refractivity contribution in [3.63, 3.8) is 0 Å². The maximum Gasteiger partial charge on any atom is 0.307 e. The van der Waals surface area contributed by atoms with Crippen LogP contribution in [-0.4, -0.2) is 37.0 Å². The molecule has 0 heterocycles. The van der Waals surface area contributed by atoms with Crippen molar-refractivity contribution < 1.29 is 14.3 Å². The molecule has 5 heteroatoms. The van der Waals surface area contributed by atoms with Crippen molar-refractivity contribution in [1.29, 1.82) is 0 Å². The Bertz CT molecular complexity index is 474. The monoisotopic (exact) mass is 327 g/mol. The van der Waals surface area contributed by atoms with Gasteiger partial charge in [-0.05, 0) is 41.9 Å². The van der Waals surface area contributed by atoms with E-state index in [4.69, 9.17) is 0 Å². The lowest BCUT2D eigenvalue weighted by atomic mass is 10.1. The van der Waals surface area contributed by atoms with E-state index in [9.17, 15) is 9.59 Å². The van der Waals surface area contributed by atoms with Crippen LogP contribution in [0.15, 0.2) is 22.7 Å². The maximum absolute atomic E-state index is 12.4. The lowest BCUT2D eigenvalue weighted by Crippen LogP contribution is -2.33. The smallest absolute Gasteiger partial charge is 0.307 e. The van der Waals surface area contributed by atoms with Gasteiger partial charge < -0.3 is 9.64 Å². The van der Waals surface area contributed by atoms with E-state index >= 15 is 0 Å². The first kappa shape index (κ1) is 15.7. The van der Waals surface area contributed by atoms with Crippen LogP contribution >= 0.6 is 15.9 Å². The third-order valence-electron chi connectivity index (χ3n) is 2.83. The third-order valence-corrected chi connectivity index (χ3v) is 3.53. The highest BCUT2D eigenvalue weighted by Gasteiger charge is 2.18. The summed E-state index contributed by atoms with van der Waals surface area (Å²) in [7, 11) is 1.34.